The number of anilines is 1. The van der Waals surface area contributed by atoms with Gasteiger partial charge in [0.05, 0.1) is 31.0 Å². The lowest BCUT2D eigenvalue weighted by atomic mass is 9.84. The minimum Gasteiger partial charge on any atom is -0.453 e. The molecule has 8 heteroatoms. The molecule has 8 nitrogen and oxygen atoms in total. The molecule has 236 valence electrons. The van der Waals surface area contributed by atoms with E-state index >= 15 is 0 Å². The van der Waals surface area contributed by atoms with Crippen LogP contribution in [0, 0.1) is 11.3 Å². The van der Waals surface area contributed by atoms with Crippen molar-refractivity contribution < 1.29 is 19.1 Å². The van der Waals surface area contributed by atoms with Crippen LogP contribution < -0.4 is 16.0 Å². The molecule has 46 heavy (non-hydrogen) atoms. The van der Waals surface area contributed by atoms with E-state index in [0.717, 1.165) is 49.0 Å². The summed E-state index contributed by atoms with van der Waals surface area (Å²) in [5.74, 6) is -0.786. The lowest BCUT2D eigenvalue weighted by Gasteiger charge is -2.31. The first kappa shape index (κ1) is 32.4. The van der Waals surface area contributed by atoms with Gasteiger partial charge in [-0.2, -0.15) is 5.26 Å². The highest BCUT2D eigenvalue weighted by Gasteiger charge is 2.33. The summed E-state index contributed by atoms with van der Waals surface area (Å²) < 4.78 is 11.4. The van der Waals surface area contributed by atoms with Crippen LogP contribution in [0.1, 0.15) is 46.6 Å². The van der Waals surface area contributed by atoms with E-state index in [9.17, 15) is 9.59 Å². The molecule has 0 aliphatic carbocycles. The lowest BCUT2D eigenvalue weighted by molar-refractivity contribution is -0.118. The number of methoxy groups -OCH3 is 1. The number of aryl methyl sites for hydroxylation is 2. The summed E-state index contributed by atoms with van der Waals surface area (Å²) in [6.45, 7) is 1.57. The Morgan fingerprint density at radius 2 is 1.43 bits per heavy atom. The number of carbonyl (C=O) groups excluding carboxylic acids is 2. The van der Waals surface area contributed by atoms with E-state index in [1.807, 2.05) is 109 Å². The number of nitrogens with one attached hydrogen (secondary N) is 3. The van der Waals surface area contributed by atoms with Gasteiger partial charge in [-0.1, -0.05) is 91.0 Å². The Balaban J connectivity index is 1.26. The number of rotatable bonds is 12. The Hall–Kier alpha value is -4.97. The monoisotopic (exact) mass is 616 g/mol. The van der Waals surface area contributed by atoms with Crippen LogP contribution in [-0.2, 0) is 27.1 Å². The number of amides is 2. The summed E-state index contributed by atoms with van der Waals surface area (Å²) in [6.07, 6.45) is 2.73. The fourth-order valence-electron chi connectivity index (χ4n) is 5.96. The van der Waals surface area contributed by atoms with Crippen molar-refractivity contribution in [2.45, 2.75) is 49.9 Å². The lowest BCUT2D eigenvalue weighted by Crippen LogP contribution is -2.48. The van der Waals surface area contributed by atoms with Gasteiger partial charge in [0.2, 0.25) is 5.91 Å². The van der Waals surface area contributed by atoms with Gasteiger partial charge in [-0.05, 0) is 66.1 Å². The summed E-state index contributed by atoms with van der Waals surface area (Å²) in [7, 11) is 1.29. The molecule has 0 aromatic heterocycles. The molecule has 3 unspecified atom stereocenters. The fraction of sp³-hybridized carbons (Fsp3) is 0.289. The second-order valence-corrected chi connectivity index (χ2v) is 11.5. The third kappa shape index (κ3) is 8.81. The van der Waals surface area contributed by atoms with Crippen LogP contribution in [0.4, 0.5) is 10.5 Å². The van der Waals surface area contributed by atoms with Gasteiger partial charge in [-0.15, -0.1) is 0 Å². The van der Waals surface area contributed by atoms with Crippen LogP contribution in [0.3, 0.4) is 0 Å². The van der Waals surface area contributed by atoms with E-state index < -0.39 is 18.1 Å². The molecule has 1 saturated heterocycles. The maximum atomic E-state index is 14.0. The molecule has 0 radical (unpaired) electrons. The average Bonchev–Trinajstić information content (AvgIpc) is 3.11. The number of nitriles is 1. The van der Waals surface area contributed by atoms with Crippen LogP contribution in [-0.4, -0.2) is 50.4 Å². The van der Waals surface area contributed by atoms with E-state index in [2.05, 4.69) is 22.0 Å². The molecule has 3 atom stereocenters. The predicted octanol–water partition coefficient (Wildman–Crippen LogP) is 5.98. The number of hydrogen-bond donors (Lipinski definition) is 3. The molecule has 4 aromatic rings. The largest absolute Gasteiger partial charge is 0.453 e. The van der Waals surface area contributed by atoms with Crippen molar-refractivity contribution in [1.29, 1.82) is 5.26 Å². The van der Waals surface area contributed by atoms with Gasteiger partial charge in [0.25, 0.3) is 0 Å². The normalized spacial score (nSPS) is 16.6. The predicted molar refractivity (Wildman–Crippen MR) is 178 cm³/mol. The number of benzene rings is 4. The molecule has 4 aromatic carbocycles. The summed E-state index contributed by atoms with van der Waals surface area (Å²) in [5.41, 5.74) is 5.34. The number of nitrogens with zero attached hydrogens (tertiary/aromatic N) is 1. The summed E-state index contributed by atoms with van der Waals surface area (Å²) in [5, 5.41) is 18.5. The van der Waals surface area contributed by atoms with Crippen molar-refractivity contribution in [3.8, 4) is 6.07 Å². The molecule has 2 amide bonds. The molecule has 1 aliphatic rings. The Morgan fingerprint density at radius 3 is 2.04 bits per heavy atom. The number of ether oxygens (including phenoxy) is 2. The summed E-state index contributed by atoms with van der Waals surface area (Å²) >= 11 is 0. The highest BCUT2D eigenvalue weighted by atomic mass is 16.5. The van der Waals surface area contributed by atoms with Crippen molar-refractivity contribution >= 4 is 17.7 Å². The van der Waals surface area contributed by atoms with Gasteiger partial charge >= 0.3 is 6.09 Å². The molecule has 0 spiro atoms. The van der Waals surface area contributed by atoms with Crippen molar-refractivity contribution in [3.05, 3.63) is 137 Å². The third-order valence-electron chi connectivity index (χ3n) is 8.37. The fourth-order valence-corrected chi connectivity index (χ4v) is 5.96. The molecule has 5 rings (SSSR count). The van der Waals surface area contributed by atoms with Crippen LogP contribution in [0.15, 0.2) is 109 Å². The average molecular weight is 617 g/mol. The van der Waals surface area contributed by atoms with Crippen molar-refractivity contribution in [2.75, 3.05) is 25.5 Å². The van der Waals surface area contributed by atoms with Gasteiger partial charge in [0, 0.05) is 24.7 Å². The first-order valence-corrected chi connectivity index (χ1v) is 15.7. The van der Waals surface area contributed by atoms with E-state index in [-0.39, 0.29) is 18.1 Å². The van der Waals surface area contributed by atoms with E-state index in [1.54, 1.807) is 0 Å². The second kappa shape index (κ2) is 16.4. The minimum atomic E-state index is -0.937. The number of para-hydroxylation sites is 1. The van der Waals surface area contributed by atoms with Crippen LogP contribution in [0.2, 0.25) is 0 Å². The van der Waals surface area contributed by atoms with Gasteiger partial charge < -0.3 is 25.4 Å². The summed E-state index contributed by atoms with van der Waals surface area (Å²) in [4.78, 5) is 26.6. The van der Waals surface area contributed by atoms with Crippen molar-refractivity contribution in [2.24, 2.45) is 0 Å². The SMILES string of the molecule is COC(=O)NC(C(=O)Nc1ccccc1CCC1CNCC(CCc2ccc(C#N)cc2)O1)C(c1ccccc1)c1ccccc1. The number of alkyl carbamates (subject to hydrolysis) is 1. The van der Waals surface area contributed by atoms with Crippen molar-refractivity contribution in [1.82, 2.24) is 10.6 Å². The Bertz CT molecular complexity index is 1570. The molecule has 1 fully saturated rings. The Morgan fingerprint density at radius 1 is 0.848 bits per heavy atom. The minimum absolute atomic E-state index is 0.0396. The smallest absolute Gasteiger partial charge is 0.407 e. The van der Waals surface area contributed by atoms with E-state index in [0.29, 0.717) is 17.7 Å². The van der Waals surface area contributed by atoms with E-state index in [4.69, 9.17) is 14.7 Å². The van der Waals surface area contributed by atoms with Gasteiger partial charge in [0.1, 0.15) is 6.04 Å². The molecule has 3 N–H and O–H groups in total. The van der Waals surface area contributed by atoms with Gasteiger partial charge in [-0.3, -0.25) is 4.79 Å². The number of hydrogen-bond acceptors (Lipinski definition) is 6. The Kier molecular flexibility index (Phi) is 11.5. The summed E-state index contributed by atoms with van der Waals surface area (Å²) in [6, 6.07) is 36.1. The number of carbonyl (C=O) groups is 2. The maximum absolute atomic E-state index is 14.0. The van der Waals surface area contributed by atoms with Gasteiger partial charge in [-0.25, -0.2) is 4.79 Å². The molecule has 0 saturated carbocycles. The Labute approximate surface area is 270 Å². The molecule has 1 heterocycles. The van der Waals surface area contributed by atoms with E-state index in [1.165, 1.54) is 12.7 Å². The molecule has 0 bridgehead atoms. The zero-order valence-corrected chi connectivity index (χ0v) is 26.0. The van der Waals surface area contributed by atoms with Crippen LogP contribution >= 0.6 is 0 Å². The maximum Gasteiger partial charge on any atom is 0.407 e. The second-order valence-electron chi connectivity index (χ2n) is 11.5. The zero-order valence-electron chi connectivity index (χ0n) is 26.0. The highest BCUT2D eigenvalue weighted by molar-refractivity contribution is 5.98. The zero-order chi connectivity index (χ0) is 32.1. The molecule has 1 aliphatic heterocycles. The molecular formula is C38H40N4O4. The van der Waals surface area contributed by atoms with Crippen LogP contribution in [0.5, 0.6) is 0 Å². The standard InChI is InChI=1S/C38H40N4O4/c1-45-38(44)42-36(35(30-11-4-2-5-12-30)31-13-6-3-7-14-31)37(43)41-34-15-9-8-10-29(34)21-23-33-26-40-25-32(46-33)22-20-27-16-18-28(24-39)19-17-27/h2-19,32-33,35-36,40H,20-23,25-26H2,1H3,(H,41,43)(H,42,44). The first-order chi connectivity index (χ1) is 22.5. The quantitative estimate of drug-likeness (QED) is 0.181. The highest BCUT2D eigenvalue weighted by Crippen LogP contribution is 2.30. The third-order valence-corrected chi connectivity index (χ3v) is 8.37. The molecular weight excluding hydrogens is 576 g/mol. The number of morpholine rings is 1. The van der Waals surface area contributed by atoms with Gasteiger partial charge in [0.15, 0.2) is 0 Å². The van der Waals surface area contributed by atoms with Crippen molar-refractivity contribution in [3.63, 3.8) is 0 Å². The van der Waals surface area contributed by atoms with Crippen LogP contribution in [0.25, 0.3) is 0 Å². The first-order valence-electron chi connectivity index (χ1n) is 15.7. The topological polar surface area (TPSA) is 112 Å².